The quantitative estimate of drug-likeness (QED) is 0.433. The topological polar surface area (TPSA) is 79.2 Å². The molecule has 0 saturated carbocycles. The minimum absolute atomic E-state index is 0.144. The molecule has 4 rings (SSSR count). The van der Waals surface area contributed by atoms with Crippen molar-refractivity contribution in [3.63, 3.8) is 0 Å². The SMILES string of the molecule is CCN1C(=O)C(=Cc2ccccc2OCc2ccc(C)cc2)SC1=Nc1cccc(C(=O)O)c1. The Morgan fingerprint density at radius 2 is 1.85 bits per heavy atom. The Labute approximate surface area is 202 Å². The van der Waals surface area contributed by atoms with Gasteiger partial charge in [0.25, 0.3) is 5.91 Å². The molecule has 0 aliphatic carbocycles. The van der Waals surface area contributed by atoms with E-state index in [4.69, 9.17) is 4.74 Å². The fourth-order valence-corrected chi connectivity index (χ4v) is 4.46. The monoisotopic (exact) mass is 472 g/mol. The summed E-state index contributed by atoms with van der Waals surface area (Å²) >= 11 is 1.26. The number of nitrogens with zero attached hydrogens (tertiary/aromatic N) is 2. The summed E-state index contributed by atoms with van der Waals surface area (Å²) in [4.78, 5) is 31.0. The number of carboxylic acids is 1. The maximum Gasteiger partial charge on any atom is 0.335 e. The Morgan fingerprint density at radius 3 is 2.59 bits per heavy atom. The lowest BCUT2D eigenvalue weighted by Gasteiger charge is -2.12. The van der Waals surface area contributed by atoms with Gasteiger partial charge in [0.15, 0.2) is 5.17 Å². The first-order valence-electron chi connectivity index (χ1n) is 10.9. The maximum absolute atomic E-state index is 13.1. The fraction of sp³-hybridized carbons (Fsp3) is 0.148. The van der Waals surface area contributed by atoms with Crippen LogP contribution in [0.15, 0.2) is 82.7 Å². The molecule has 1 aliphatic heterocycles. The van der Waals surface area contributed by atoms with E-state index in [1.165, 1.54) is 29.5 Å². The molecule has 1 amide bonds. The van der Waals surface area contributed by atoms with Crippen molar-refractivity contribution in [1.82, 2.24) is 4.90 Å². The zero-order valence-electron chi connectivity index (χ0n) is 18.9. The lowest BCUT2D eigenvalue weighted by atomic mass is 10.1. The lowest BCUT2D eigenvalue weighted by molar-refractivity contribution is -0.122. The molecular formula is C27H24N2O4S. The average Bonchev–Trinajstić information content (AvgIpc) is 3.13. The number of aliphatic imine (C=N–C) groups is 1. The standard InChI is InChI=1S/C27H24N2O4S/c1-3-29-25(30)24(34-27(29)28-22-9-6-8-21(15-22)26(31)32)16-20-7-4-5-10-23(20)33-17-19-13-11-18(2)12-14-19/h4-16H,3,17H2,1-2H3,(H,31,32). The summed E-state index contributed by atoms with van der Waals surface area (Å²) in [6.07, 6.45) is 1.82. The summed E-state index contributed by atoms with van der Waals surface area (Å²) in [5.41, 5.74) is 3.69. The predicted molar refractivity (Wildman–Crippen MR) is 135 cm³/mol. The first-order chi connectivity index (χ1) is 16.4. The predicted octanol–water partition coefficient (Wildman–Crippen LogP) is 5.90. The summed E-state index contributed by atoms with van der Waals surface area (Å²) in [5, 5.41) is 9.75. The van der Waals surface area contributed by atoms with Crippen molar-refractivity contribution in [1.29, 1.82) is 0 Å². The number of rotatable bonds is 7. The molecule has 1 N–H and O–H groups in total. The molecule has 0 bridgehead atoms. The lowest BCUT2D eigenvalue weighted by Crippen LogP contribution is -2.28. The second-order valence-corrected chi connectivity index (χ2v) is 8.73. The fourth-order valence-electron chi connectivity index (χ4n) is 3.41. The van der Waals surface area contributed by atoms with Crippen LogP contribution in [0.4, 0.5) is 5.69 Å². The van der Waals surface area contributed by atoms with Gasteiger partial charge in [0, 0.05) is 12.1 Å². The van der Waals surface area contributed by atoms with Gasteiger partial charge in [0.2, 0.25) is 0 Å². The van der Waals surface area contributed by atoms with Crippen LogP contribution in [0.1, 0.15) is 34.0 Å². The number of aromatic carboxylic acids is 1. The Balaban J connectivity index is 1.58. The number of amidine groups is 1. The first kappa shape index (κ1) is 23.3. The number of thioether (sulfide) groups is 1. The van der Waals surface area contributed by atoms with Crippen LogP contribution in [-0.2, 0) is 11.4 Å². The number of carboxylic acid groups (broad SMARTS) is 1. The summed E-state index contributed by atoms with van der Waals surface area (Å²) < 4.78 is 6.06. The summed E-state index contributed by atoms with van der Waals surface area (Å²) in [7, 11) is 0. The molecule has 0 unspecified atom stereocenters. The van der Waals surface area contributed by atoms with Crippen molar-refractivity contribution in [3.8, 4) is 5.75 Å². The minimum atomic E-state index is -1.02. The summed E-state index contributed by atoms with van der Waals surface area (Å²) in [5.74, 6) is -0.479. The first-order valence-corrected chi connectivity index (χ1v) is 11.7. The Kier molecular flexibility index (Phi) is 7.13. The van der Waals surface area contributed by atoms with Gasteiger partial charge in [-0.2, -0.15) is 0 Å². The van der Waals surface area contributed by atoms with Crippen LogP contribution in [0.3, 0.4) is 0 Å². The van der Waals surface area contributed by atoms with Crippen LogP contribution in [0.2, 0.25) is 0 Å². The van der Waals surface area contributed by atoms with Crippen LogP contribution >= 0.6 is 11.8 Å². The van der Waals surface area contributed by atoms with Gasteiger partial charge in [-0.3, -0.25) is 9.69 Å². The summed E-state index contributed by atoms with van der Waals surface area (Å²) in [6, 6.07) is 22.1. The molecule has 6 nitrogen and oxygen atoms in total. The van der Waals surface area contributed by atoms with Gasteiger partial charge >= 0.3 is 5.97 Å². The number of aryl methyl sites for hydroxylation is 1. The minimum Gasteiger partial charge on any atom is -0.488 e. The Hall–Kier alpha value is -3.84. The molecule has 7 heteroatoms. The number of ether oxygens (including phenoxy) is 1. The summed E-state index contributed by atoms with van der Waals surface area (Å²) in [6.45, 7) is 4.80. The highest BCUT2D eigenvalue weighted by Gasteiger charge is 2.32. The zero-order chi connectivity index (χ0) is 24.1. The second kappa shape index (κ2) is 10.4. The van der Waals surface area contributed by atoms with Crippen LogP contribution in [0.5, 0.6) is 5.75 Å². The van der Waals surface area contributed by atoms with E-state index in [1.54, 1.807) is 17.0 Å². The normalized spacial score (nSPS) is 15.8. The Morgan fingerprint density at radius 1 is 1.09 bits per heavy atom. The van der Waals surface area contributed by atoms with E-state index < -0.39 is 5.97 Å². The van der Waals surface area contributed by atoms with Gasteiger partial charge in [-0.1, -0.05) is 54.1 Å². The molecule has 1 aliphatic rings. The average molecular weight is 473 g/mol. The van der Waals surface area contributed by atoms with Crippen molar-refractivity contribution in [2.75, 3.05) is 6.54 Å². The number of hydrogen-bond donors (Lipinski definition) is 1. The number of hydrogen-bond acceptors (Lipinski definition) is 5. The number of benzene rings is 3. The maximum atomic E-state index is 13.1. The van der Waals surface area contributed by atoms with Crippen LogP contribution in [0, 0.1) is 6.92 Å². The molecule has 172 valence electrons. The highest BCUT2D eigenvalue weighted by molar-refractivity contribution is 8.18. The van der Waals surface area contributed by atoms with Gasteiger partial charge in [-0.25, -0.2) is 9.79 Å². The van der Waals surface area contributed by atoms with Crippen molar-refractivity contribution in [2.45, 2.75) is 20.5 Å². The Bertz CT molecular complexity index is 1280. The van der Waals surface area contributed by atoms with Gasteiger partial charge in [0.1, 0.15) is 12.4 Å². The highest BCUT2D eigenvalue weighted by Crippen LogP contribution is 2.35. The van der Waals surface area contributed by atoms with Crippen molar-refractivity contribution < 1.29 is 19.4 Å². The van der Waals surface area contributed by atoms with Crippen molar-refractivity contribution >= 4 is 40.6 Å². The van der Waals surface area contributed by atoms with Crippen LogP contribution in [0.25, 0.3) is 6.08 Å². The van der Waals surface area contributed by atoms with Crippen LogP contribution < -0.4 is 4.74 Å². The molecule has 3 aromatic carbocycles. The van der Waals surface area contributed by atoms with E-state index in [9.17, 15) is 14.7 Å². The third-order valence-electron chi connectivity index (χ3n) is 5.24. The van der Waals surface area contributed by atoms with Gasteiger partial charge in [0.05, 0.1) is 16.2 Å². The van der Waals surface area contributed by atoms with E-state index in [1.807, 2.05) is 68.5 Å². The third-order valence-corrected chi connectivity index (χ3v) is 6.25. The van der Waals surface area contributed by atoms with E-state index in [0.717, 1.165) is 11.1 Å². The van der Waals surface area contributed by atoms with E-state index >= 15 is 0 Å². The molecule has 1 fully saturated rings. The zero-order valence-corrected chi connectivity index (χ0v) is 19.7. The molecule has 0 aromatic heterocycles. The molecule has 3 aromatic rings. The molecule has 1 saturated heterocycles. The molecular weight excluding hydrogens is 448 g/mol. The molecule has 0 spiro atoms. The molecule has 0 atom stereocenters. The smallest absolute Gasteiger partial charge is 0.335 e. The van der Waals surface area contributed by atoms with Gasteiger partial charge in [-0.15, -0.1) is 0 Å². The van der Waals surface area contributed by atoms with Crippen molar-refractivity contribution in [2.24, 2.45) is 4.99 Å². The van der Waals surface area contributed by atoms with Gasteiger partial charge < -0.3 is 9.84 Å². The molecule has 34 heavy (non-hydrogen) atoms. The number of carbonyl (C=O) groups excluding carboxylic acids is 1. The number of para-hydroxylation sites is 1. The highest BCUT2D eigenvalue weighted by atomic mass is 32.2. The van der Waals surface area contributed by atoms with E-state index in [0.29, 0.717) is 34.7 Å². The second-order valence-electron chi connectivity index (χ2n) is 7.72. The number of carbonyl (C=O) groups is 2. The van der Waals surface area contributed by atoms with Gasteiger partial charge in [-0.05, 0) is 61.5 Å². The molecule has 1 heterocycles. The van der Waals surface area contributed by atoms with E-state index in [-0.39, 0.29) is 11.5 Å². The number of likely N-dealkylation sites (N-methyl/N-ethyl adjacent to an activating group) is 1. The largest absolute Gasteiger partial charge is 0.488 e. The van der Waals surface area contributed by atoms with E-state index in [2.05, 4.69) is 4.99 Å². The van der Waals surface area contributed by atoms with Crippen LogP contribution in [-0.4, -0.2) is 33.6 Å². The van der Waals surface area contributed by atoms with Crippen molar-refractivity contribution in [3.05, 3.63) is 100.0 Å². The third kappa shape index (κ3) is 5.38. The molecule has 0 radical (unpaired) electrons. The number of amides is 1.